The molecule has 1 N–H and O–H groups in total. The van der Waals surface area contributed by atoms with Crippen molar-refractivity contribution in [2.75, 3.05) is 39.3 Å². The molecule has 1 fully saturated rings. The van der Waals surface area contributed by atoms with Gasteiger partial charge in [-0.05, 0) is 29.9 Å². The average molecular weight is 438 g/mol. The first kappa shape index (κ1) is 22.4. The topological polar surface area (TPSA) is 79.0 Å². The van der Waals surface area contributed by atoms with Crippen LogP contribution in [0.2, 0.25) is 0 Å². The van der Waals surface area contributed by atoms with E-state index in [9.17, 15) is 14.4 Å². The van der Waals surface area contributed by atoms with Crippen molar-refractivity contribution in [2.45, 2.75) is 32.8 Å². The molecular formula is C25H31N3O4. The summed E-state index contributed by atoms with van der Waals surface area (Å²) < 4.78 is 5.77. The molecule has 0 spiro atoms. The zero-order chi connectivity index (χ0) is 22.7. The van der Waals surface area contributed by atoms with E-state index in [0.29, 0.717) is 36.6 Å². The van der Waals surface area contributed by atoms with E-state index in [1.54, 1.807) is 12.1 Å². The number of hydrogen-bond acceptors (Lipinski definition) is 5. The molecule has 2 heterocycles. The molecule has 3 amide bonds. The molecular weight excluding hydrogens is 406 g/mol. The Labute approximate surface area is 188 Å². The molecule has 170 valence electrons. The fourth-order valence-electron chi connectivity index (χ4n) is 4.58. The summed E-state index contributed by atoms with van der Waals surface area (Å²) in [4.78, 5) is 41.8. The molecule has 1 atom stereocenters. The molecule has 0 radical (unpaired) electrons. The third-order valence-corrected chi connectivity index (χ3v) is 6.01. The predicted molar refractivity (Wildman–Crippen MR) is 123 cm³/mol. The maximum atomic E-state index is 12.9. The Bertz CT molecular complexity index is 969. The van der Waals surface area contributed by atoms with Crippen LogP contribution in [0, 0.1) is 5.92 Å². The van der Waals surface area contributed by atoms with Crippen molar-refractivity contribution in [3.8, 4) is 0 Å². The quantitative estimate of drug-likeness (QED) is 0.643. The van der Waals surface area contributed by atoms with Crippen molar-refractivity contribution in [1.29, 1.82) is 0 Å². The van der Waals surface area contributed by atoms with Crippen LogP contribution >= 0.6 is 0 Å². The standard InChI is InChI=1S/C25H31N3O4/c1-17(2)15-27-12-13-32-19(16-27)14-26-22(29)10-5-11-28-24(30)20-8-3-6-18-7-4-9-21(23(18)20)25(28)31/h3-4,6-9,17,19H,5,10-16H2,1-2H3,(H,26,29). The first-order valence-electron chi connectivity index (χ1n) is 11.4. The second kappa shape index (κ2) is 9.79. The van der Waals surface area contributed by atoms with Crippen LogP contribution in [0.3, 0.4) is 0 Å². The number of amides is 3. The van der Waals surface area contributed by atoms with Gasteiger partial charge in [-0.2, -0.15) is 0 Å². The molecule has 32 heavy (non-hydrogen) atoms. The predicted octanol–water partition coefficient (Wildman–Crippen LogP) is 2.69. The van der Waals surface area contributed by atoms with E-state index in [4.69, 9.17) is 4.74 Å². The van der Waals surface area contributed by atoms with Gasteiger partial charge in [0.05, 0.1) is 12.7 Å². The molecule has 4 rings (SSSR count). The summed E-state index contributed by atoms with van der Waals surface area (Å²) in [6.07, 6.45) is 0.673. The summed E-state index contributed by atoms with van der Waals surface area (Å²) in [6.45, 7) is 8.55. The van der Waals surface area contributed by atoms with E-state index >= 15 is 0 Å². The van der Waals surface area contributed by atoms with E-state index < -0.39 is 0 Å². The molecule has 0 bridgehead atoms. The van der Waals surface area contributed by atoms with Gasteiger partial charge < -0.3 is 10.1 Å². The highest BCUT2D eigenvalue weighted by Crippen LogP contribution is 2.30. The monoisotopic (exact) mass is 437 g/mol. The van der Waals surface area contributed by atoms with Gasteiger partial charge in [0.2, 0.25) is 5.91 Å². The number of nitrogens with one attached hydrogen (secondary N) is 1. The van der Waals surface area contributed by atoms with Crippen LogP contribution in [-0.4, -0.2) is 73.0 Å². The van der Waals surface area contributed by atoms with Crippen molar-refractivity contribution < 1.29 is 19.1 Å². The molecule has 1 unspecified atom stereocenters. The summed E-state index contributed by atoms with van der Waals surface area (Å²) in [5, 5.41) is 4.55. The van der Waals surface area contributed by atoms with E-state index in [2.05, 4.69) is 24.1 Å². The first-order valence-corrected chi connectivity index (χ1v) is 11.4. The van der Waals surface area contributed by atoms with Gasteiger partial charge >= 0.3 is 0 Å². The zero-order valence-electron chi connectivity index (χ0n) is 18.8. The van der Waals surface area contributed by atoms with Gasteiger partial charge in [-0.1, -0.05) is 38.1 Å². The molecule has 2 aliphatic heterocycles. The van der Waals surface area contributed by atoms with Crippen LogP contribution in [0.1, 0.15) is 47.4 Å². The number of benzene rings is 2. The van der Waals surface area contributed by atoms with E-state index in [0.717, 1.165) is 30.4 Å². The lowest BCUT2D eigenvalue weighted by Gasteiger charge is -2.34. The smallest absolute Gasteiger partial charge is 0.261 e. The summed E-state index contributed by atoms with van der Waals surface area (Å²) in [6, 6.07) is 11.0. The highest BCUT2D eigenvalue weighted by Gasteiger charge is 2.32. The Morgan fingerprint density at radius 2 is 1.81 bits per heavy atom. The number of ether oxygens (including phenoxy) is 1. The van der Waals surface area contributed by atoms with E-state index in [-0.39, 0.29) is 36.8 Å². The lowest BCUT2D eigenvalue weighted by molar-refractivity contribution is -0.122. The Kier molecular flexibility index (Phi) is 6.86. The fourth-order valence-corrected chi connectivity index (χ4v) is 4.58. The van der Waals surface area contributed by atoms with Gasteiger partial charge in [0, 0.05) is 55.7 Å². The van der Waals surface area contributed by atoms with Crippen molar-refractivity contribution in [1.82, 2.24) is 15.1 Å². The Morgan fingerprint density at radius 3 is 2.47 bits per heavy atom. The van der Waals surface area contributed by atoms with Crippen LogP contribution in [0.5, 0.6) is 0 Å². The van der Waals surface area contributed by atoms with E-state index in [1.165, 1.54) is 4.90 Å². The minimum atomic E-state index is -0.291. The largest absolute Gasteiger partial charge is 0.374 e. The molecule has 2 aromatic carbocycles. The molecule has 2 aromatic rings. The van der Waals surface area contributed by atoms with Crippen LogP contribution in [0.25, 0.3) is 10.8 Å². The fraction of sp³-hybridized carbons (Fsp3) is 0.480. The van der Waals surface area contributed by atoms with E-state index in [1.807, 2.05) is 24.3 Å². The Hall–Kier alpha value is -2.77. The van der Waals surface area contributed by atoms with Gasteiger partial charge in [-0.15, -0.1) is 0 Å². The molecule has 7 nitrogen and oxygen atoms in total. The lowest BCUT2D eigenvalue weighted by Crippen LogP contribution is -2.48. The maximum absolute atomic E-state index is 12.9. The maximum Gasteiger partial charge on any atom is 0.261 e. The summed E-state index contributed by atoms with van der Waals surface area (Å²) in [5.41, 5.74) is 1.09. The normalized spacial score (nSPS) is 19.1. The Balaban J connectivity index is 1.27. The van der Waals surface area contributed by atoms with Crippen LogP contribution in [0.4, 0.5) is 0 Å². The zero-order valence-corrected chi connectivity index (χ0v) is 18.8. The van der Waals surface area contributed by atoms with Crippen molar-refractivity contribution >= 4 is 28.5 Å². The van der Waals surface area contributed by atoms with Crippen LogP contribution in [-0.2, 0) is 9.53 Å². The van der Waals surface area contributed by atoms with Gasteiger partial charge in [0.25, 0.3) is 11.8 Å². The van der Waals surface area contributed by atoms with Crippen LogP contribution in [0.15, 0.2) is 36.4 Å². The first-order chi connectivity index (χ1) is 15.4. The summed E-state index contributed by atoms with van der Waals surface area (Å²) >= 11 is 0. The lowest BCUT2D eigenvalue weighted by atomic mass is 9.94. The summed E-state index contributed by atoms with van der Waals surface area (Å²) in [7, 11) is 0. The van der Waals surface area contributed by atoms with Gasteiger partial charge in [0.15, 0.2) is 0 Å². The highest BCUT2D eigenvalue weighted by molar-refractivity contribution is 6.25. The molecule has 1 saturated heterocycles. The van der Waals surface area contributed by atoms with Gasteiger partial charge in [-0.3, -0.25) is 24.2 Å². The average Bonchev–Trinajstić information content (AvgIpc) is 2.78. The number of hydrogen-bond donors (Lipinski definition) is 1. The minimum absolute atomic E-state index is 0.00584. The van der Waals surface area contributed by atoms with Crippen molar-refractivity contribution in [3.05, 3.63) is 47.5 Å². The molecule has 0 saturated carbocycles. The van der Waals surface area contributed by atoms with Crippen molar-refractivity contribution in [3.63, 3.8) is 0 Å². The second-order valence-electron chi connectivity index (χ2n) is 9.03. The number of carbonyl (C=O) groups is 3. The third kappa shape index (κ3) is 4.84. The third-order valence-electron chi connectivity index (χ3n) is 6.01. The van der Waals surface area contributed by atoms with Gasteiger partial charge in [-0.25, -0.2) is 0 Å². The molecule has 2 aliphatic rings. The SMILES string of the molecule is CC(C)CN1CCOC(CNC(=O)CCCN2C(=O)c3cccc4cccc(c34)C2=O)C1. The minimum Gasteiger partial charge on any atom is -0.374 e. The number of nitrogens with zero attached hydrogens (tertiary/aromatic N) is 2. The molecule has 7 heteroatoms. The number of morpholine rings is 1. The second-order valence-corrected chi connectivity index (χ2v) is 9.03. The van der Waals surface area contributed by atoms with Crippen LogP contribution < -0.4 is 5.32 Å². The molecule has 0 aliphatic carbocycles. The number of carbonyl (C=O) groups excluding carboxylic acids is 3. The van der Waals surface area contributed by atoms with Crippen molar-refractivity contribution in [2.24, 2.45) is 5.92 Å². The Morgan fingerprint density at radius 1 is 1.12 bits per heavy atom. The molecule has 0 aromatic heterocycles. The summed E-state index contributed by atoms with van der Waals surface area (Å²) in [5.74, 6) is -0.0717. The van der Waals surface area contributed by atoms with Gasteiger partial charge in [0.1, 0.15) is 0 Å². The number of imide groups is 1. The highest BCUT2D eigenvalue weighted by atomic mass is 16.5. The number of rotatable bonds is 8.